The van der Waals surface area contributed by atoms with E-state index >= 15 is 0 Å². The lowest BCUT2D eigenvalue weighted by Crippen LogP contribution is -2.37. The number of piperidine rings is 1. The Balaban J connectivity index is 1.52. The van der Waals surface area contributed by atoms with Gasteiger partial charge in [0.05, 0.1) is 0 Å². The largest absolute Gasteiger partial charge is 0.344 e. The Bertz CT molecular complexity index is 690. The zero-order valence-corrected chi connectivity index (χ0v) is 14.3. The molecule has 0 spiro atoms. The van der Waals surface area contributed by atoms with Gasteiger partial charge in [-0.2, -0.15) is 0 Å². The molecular formula is C16H20FN5OS. The monoisotopic (exact) mass is 349 g/mol. The van der Waals surface area contributed by atoms with Crippen LogP contribution in [0.5, 0.6) is 0 Å². The molecule has 0 radical (unpaired) electrons. The van der Waals surface area contributed by atoms with E-state index < -0.39 is 0 Å². The van der Waals surface area contributed by atoms with Gasteiger partial charge in [-0.3, -0.25) is 5.32 Å². The van der Waals surface area contributed by atoms with Gasteiger partial charge in [0, 0.05) is 19.1 Å². The van der Waals surface area contributed by atoms with Crippen LogP contribution >= 0.6 is 11.3 Å². The number of urea groups is 1. The maximum Gasteiger partial charge on any atom is 0.321 e. The summed E-state index contributed by atoms with van der Waals surface area (Å²) < 4.78 is 12.8. The summed E-state index contributed by atoms with van der Waals surface area (Å²) in [5, 5.41) is 14.9. The van der Waals surface area contributed by atoms with E-state index in [4.69, 9.17) is 0 Å². The molecule has 1 fully saturated rings. The van der Waals surface area contributed by atoms with Crippen LogP contribution in [0.2, 0.25) is 0 Å². The minimum Gasteiger partial charge on any atom is -0.344 e. The number of halogens is 1. The Morgan fingerprint density at radius 1 is 1.33 bits per heavy atom. The van der Waals surface area contributed by atoms with Crippen LogP contribution in [0.3, 0.4) is 0 Å². The van der Waals surface area contributed by atoms with Crippen LogP contribution in [0.15, 0.2) is 24.3 Å². The molecule has 1 aliphatic heterocycles. The number of nitrogens with one attached hydrogen (secondary N) is 2. The first-order valence-corrected chi connectivity index (χ1v) is 8.83. The molecule has 128 valence electrons. The first kappa shape index (κ1) is 16.6. The minimum absolute atomic E-state index is 0.295. The summed E-state index contributed by atoms with van der Waals surface area (Å²) in [6, 6.07) is 6.10. The number of anilines is 2. The summed E-state index contributed by atoms with van der Waals surface area (Å²) in [6.07, 6.45) is 3.55. The fraction of sp³-hybridized carbons (Fsp3) is 0.438. The topological polar surface area (TPSA) is 70.2 Å². The van der Waals surface area contributed by atoms with Crippen LogP contribution < -0.4 is 15.5 Å². The second-order valence-electron chi connectivity index (χ2n) is 5.86. The van der Waals surface area contributed by atoms with Crippen molar-refractivity contribution >= 4 is 27.6 Å². The fourth-order valence-corrected chi connectivity index (χ4v) is 3.56. The highest BCUT2D eigenvalue weighted by molar-refractivity contribution is 7.19. The fourth-order valence-electron chi connectivity index (χ4n) is 2.69. The minimum atomic E-state index is -0.353. The van der Waals surface area contributed by atoms with Gasteiger partial charge in [-0.05, 0) is 43.9 Å². The summed E-state index contributed by atoms with van der Waals surface area (Å²) in [5.41, 5.74) is 0.826. The molecule has 0 aliphatic carbocycles. The van der Waals surface area contributed by atoms with E-state index in [0.717, 1.165) is 30.1 Å². The van der Waals surface area contributed by atoms with Gasteiger partial charge >= 0.3 is 6.03 Å². The molecule has 1 aromatic heterocycles. The van der Waals surface area contributed by atoms with E-state index in [9.17, 15) is 9.18 Å². The number of nitrogens with zero attached hydrogens (tertiary/aromatic N) is 3. The van der Waals surface area contributed by atoms with Crippen LogP contribution in [-0.4, -0.2) is 28.8 Å². The first-order valence-electron chi connectivity index (χ1n) is 8.01. The third-order valence-electron chi connectivity index (χ3n) is 4.05. The molecule has 2 aromatic rings. The molecule has 8 heteroatoms. The third-order valence-corrected chi connectivity index (χ3v) is 4.93. The Morgan fingerprint density at radius 3 is 2.88 bits per heavy atom. The molecule has 0 saturated carbocycles. The molecule has 2 amide bonds. The van der Waals surface area contributed by atoms with E-state index in [1.807, 2.05) is 0 Å². The van der Waals surface area contributed by atoms with Gasteiger partial charge in [-0.25, -0.2) is 9.18 Å². The van der Waals surface area contributed by atoms with Gasteiger partial charge < -0.3 is 10.2 Å². The molecule has 6 nitrogen and oxygen atoms in total. The third kappa shape index (κ3) is 4.19. The number of hydrogen-bond acceptors (Lipinski definition) is 5. The number of aromatic nitrogens is 2. The Morgan fingerprint density at radius 2 is 2.12 bits per heavy atom. The molecule has 3 rings (SSSR count). The molecule has 1 saturated heterocycles. The maximum absolute atomic E-state index is 12.8. The van der Waals surface area contributed by atoms with E-state index in [2.05, 4.69) is 32.7 Å². The SMILES string of the molecule is C[C@@H]1CCCCN1c1nnc(NC(=O)NCc2ccc(F)cc2)s1. The lowest BCUT2D eigenvalue weighted by molar-refractivity contribution is 0.251. The van der Waals surface area contributed by atoms with Crippen molar-refractivity contribution in [1.29, 1.82) is 0 Å². The summed E-state index contributed by atoms with van der Waals surface area (Å²) in [5.74, 6) is -0.295. The highest BCUT2D eigenvalue weighted by Gasteiger charge is 2.22. The normalized spacial score (nSPS) is 17.6. The van der Waals surface area contributed by atoms with Crippen molar-refractivity contribution in [3.63, 3.8) is 0 Å². The van der Waals surface area contributed by atoms with Crippen molar-refractivity contribution in [3.05, 3.63) is 35.6 Å². The Labute approximate surface area is 144 Å². The number of carbonyl (C=O) groups excluding carboxylic acids is 1. The standard InChI is InChI=1S/C16H20FN5OS/c1-11-4-2-3-9-22(11)16-21-20-15(24-16)19-14(23)18-10-12-5-7-13(17)8-6-12/h5-8,11H,2-4,9-10H2,1H3,(H2,18,19,20,23)/t11-/m1/s1. The number of amides is 2. The Hall–Kier alpha value is -2.22. The first-order chi connectivity index (χ1) is 11.6. The summed E-state index contributed by atoms with van der Waals surface area (Å²) in [6.45, 7) is 3.48. The van der Waals surface area contributed by atoms with Crippen LogP contribution in [0, 0.1) is 5.82 Å². The average Bonchev–Trinajstić information content (AvgIpc) is 3.03. The predicted octanol–water partition coefficient (Wildman–Crippen LogP) is 3.38. The highest BCUT2D eigenvalue weighted by atomic mass is 32.1. The van der Waals surface area contributed by atoms with Crippen LogP contribution in [0.25, 0.3) is 0 Å². The lowest BCUT2D eigenvalue weighted by atomic mass is 10.1. The van der Waals surface area contributed by atoms with Gasteiger partial charge in [-0.1, -0.05) is 23.5 Å². The van der Waals surface area contributed by atoms with Crippen molar-refractivity contribution in [2.24, 2.45) is 0 Å². The second kappa shape index (κ2) is 7.57. The van der Waals surface area contributed by atoms with Gasteiger partial charge in [0.1, 0.15) is 5.82 Å². The number of rotatable bonds is 4. The van der Waals surface area contributed by atoms with Crippen molar-refractivity contribution in [2.75, 3.05) is 16.8 Å². The van der Waals surface area contributed by atoms with E-state index in [1.165, 1.54) is 29.9 Å². The molecule has 1 aromatic carbocycles. The quantitative estimate of drug-likeness (QED) is 0.888. The average molecular weight is 349 g/mol. The summed E-state index contributed by atoms with van der Waals surface area (Å²) >= 11 is 1.38. The predicted molar refractivity (Wildman–Crippen MR) is 92.8 cm³/mol. The van der Waals surface area contributed by atoms with Crippen LogP contribution in [0.4, 0.5) is 19.4 Å². The molecule has 0 unspecified atom stereocenters. The summed E-state index contributed by atoms with van der Waals surface area (Å²) in [4.78, 5) is 14.2. The zero-order chi connectivity index (χ0) is 16.9. The van der Waals surface area contributed by atoms with Crippen molar-refractivity contribution in [2.45, 2.75) is 38.8 Å². The molecule has 1 aliphatic rings. The van der Waals surface area contributed by atoms with Gasteiger partial charge in [-0.15, -0.1) is 10.2 Å². The van der Waals surface area contributed by atoms with Crippen molar-refractivity contribution < 1.29 is 9.18 Å². The number of hydrogen-bond donors (Lipinski definition) is 2. The van der Waals surface area contributed by atoms with Crippen molar-refractivity contribution in [3.8, 4) is 0 Å². The van der Waals surface area contributed by atoms with E-state index in [1.54, 1.807) is 12.1 Å². The van der Waals surface area contributed by atoms with Gasteiger partial charge in [0.15, 0.2) is 0 Å². The van der Waals surface area contributed by atoms with Crippen LogP contribution in [0.1, 0.15) is 31.7 Å². The zero-order valence-electron chi connectivity index (χ0n) is 13.5. The van der Waals surface area contributed by atoms with Crippen molar-refractivity contribution in [1.82, 2.24) is 15.5 Å². The van der Waals surface area contributed by atoms with Gasteiger partial charge in [0.25, 0.3) is 0 Å². The molecule has 0 bridgehead atoms. The Kier molecular flexibility index (Phi) is 5.24. The number of carbonyl (C=O) groups is 1. The maximum atomic E-state index is 12.8. The molecule has 1 atom stereocenters. The van der Waals surface area contributed by atoms with E-state index in [-0.39, 0.29) is 11.8 Å². The van der Waals surface area contributed by atoms with Crippen LogP contribution in [-0.2, 0) is 6.54 Å². The molecule has 24 heavy (non-hydrogen) atoms. The van der Waals surface area contributed by atoms with Gasteiger partial charge in [0.2, 0.25) is 10.3 Å². The number of benzene rings is 1. The second-order valence-corrected chi connectivity index (χ2v) is 6.82. The smallest absolute Gasteiger partial charge is 0.321 e. The van der Waals surface area contributed by atoms with E-state index in [0.29, 0.717) is 17.7 Å². The summed E-state index contributed by atoms with van der Waals surface area (Å²) in [7, 11) is 0. The highest BCUT2D eigenvalue weighted by Crippen LogP contribution is 2.29. The molecule has 2 heterocycles. The molecule has 2 N–H and O–H groups in total. The lowest BCUT2D eigenvalue weighted by Gasteiger charge is -2.32. The molecular weight excluding hydrogens is 329 g/mol.